The van der Waals surface area contributed by atoms with Gasteiger partial charge in [0.2, 0.25) is 0 Å². The van der Waals surface area contributed by atoms with Crippen LogP contribution in [0.15, 0.2) is 0 Å². The lowest BCUT2D eigenvalue weighted by Gasteiger charge is -2.45. The van der Waals surface area contributed by atoms with Gasteiger partial charge in [-0.3, -0.25) is 4.79 Å². The van der Waals surface area contributed by atoms with Crippen molar-refractivity contribution in [2.45, 2.75) is 99.8 Å². The van der Waals surface area contributed by atoms with Gasteiger partial charge in [0.15, 0.2) is 13.6 Å². The Labute approximate surface area is 173 Å². The lowest BCUT2D eigenvalue weighted by molar-refractivity contribution is -0.113. The normalized spacial score (nSPS) is 13.0. The van der Waals surface area contributed by atoms with E-state index in [-0.39, 0.29) is 11.0 Å². The summed E-state index contributed by atoms with van der Waals surface area (Å²) in [4.78, 5) is 11.6. The Morgan fingerprint density at radius 2 is 1.26 bits per heavy atom. The maximum Gasteiger partial charge on any atom is 0.193 e. The highest BCUT2D eigenvalue weighted by molar-refractivity contribution is 8.13. The van der Waals surface area contributed by atoms with Crippen molar-refractivity contribution in [2.24, 2.45) is 5.92 Å². The number of thioether (sulfide) groups is 1. The first-order chi connectivity index (χ1) is 12.5. The van der Waals surface area contributed by atoms with Gasteiger partial charge >= 0.3 is 0 Å². The zero-order chi connectivity index (χ0) is 21.1. The molecule has 5 nitrogen and oxygen atoms in total. The molecule has 0 amide bonds. The Bertz CT molecular complexity index is 371. The fourth-order valence-electron chi connectivity index (χ4n) is 2.87. The summed E-state index contributed by atoms with van der Waals surface area (Å²) >= 11 is 1.26. The second-order valence-corrected chi connectivity index (χ2v) is 10.8. The second kappa shape index (κ2) is 14.3. The zero-order valence-corrected chi connectivity index (χ0v) is 20.9. The molecule has 0 aliphatic carbocycles. The Morgan fingerprint density at radius 3 is 1.63 bits per heavy atom. The predicted octanol–water partition coefficient (Wildman–Crippen LogP) is 5.75. The maximum absolute atomic E-state index is 11.6. The molecule has 0 aromatic heterocycles. The molecule has 0 aliphatic rings. The van der Waals surface area contributed by atoms with Crippen molar-refractivity contribution in [3.8, 4) is 0 Å². The maximum atomic E-state index is 11.6. The summed E-state index contributed by atoms with van der Waals surface area (Å²) in [7, 11) is -0.837. The lowest BCUT2D eigenvalue weighted by Crippen LogP contribution is -2.43. The van der Waals surface area contributed by atoms with Crippen molar-refractivity contribution >= 4 is 25.3 Å². The molecular formula is C20H43N2O3PS. The number of hydrogen-bond acceptors (Lipinski definition) is 6. The van der Waals surface area contributed by atoms with E-state index in [1.165, 1.54) is 11.8 Å². The number of carbonyl (C=O) groups is 1. The van der Waals surface area contributed by atoms with E-state index in [1.54, 1.807) is 0 Å². The van der Waals surface area contributed by atoms with Gasteiger partial charge in [0.25, 0.3) is 0 Å². The fraction of sp³-hybridized carbons (Fsp3) is 0.950. The summed E-state index contributed by atoms with van der Waals surface area (Å²) in [5, 5.41) is 0.184. The van der Waals surface area contributed by atoms with Crippen LogP contribution in [0.25, 0.3) is 0 Å². The third kappa shape index (κ3) is 10.6. The van der Waals surface area contributed by atoms with Crippen LogP contribution >= 0.6 is 20.2 Å². The third-order valence-electron chi connectivity index (χ3n) is 3.91. The minimum absolute atomic E-state index is 0.0570. The molecule has 0 aromatic rings. The molecule has 0 unspecified atom stereocenters. The van der Waals surface area contributed by atoms with Gasteiger partial charge in [0, 0.05) is 36.7 Å². The first-order valence-corrected chi connectivity index (χ1v) is 12.4. The molecular weight excluding hydrogens is 379 g/mol. The topological polar surface area (TPSA) is 42.0 Å². The quantitative estimate of drug-likeness (QED) is 0.202. The van der Waals surface area contributed by atoms with Crippen LogP contribution in [0.5, 0.6) is 0 Å². The van der Waals surface area contributed by atoms with E-state index in [4.69, 9.17) is 9.26 Å². The molecule has 0 aliphatic heterocycles. The predicted molar refractivity (Wildman–Crippen MR) is 120 cm³/mol. The molecule has 27 heavy (non-hydrogen) atoms. The van der Waals surface area contributed by atoms with Crippen molar-refractivity contribution in [3.63, 3.8) is 0 Å². The number of carbonyl (C=O) groups excluding carboxylic acids is 1. The summed E-state index contributed by atoms with van der Waals surface area (Å²) in [6, 6.07) is 1.69. The molecule has 0 saturated heterocycles. The third-order valence-corrected chi connectivity index (χ3v) is 8.00. The zero-order valence-electron chi connectivity index (χ0n) is 19.2. The first-order valence-electron chi connectivity index (χ1n) is 10.2. The smallest absolute Gasteiger partial charge is 0.193 e. The SMILES string of the molecule is CC(C)C(=O)SCOCCCOP(N(C(C)C)C(C)C)N(C(C)C)C(C)C. The van der Waals surface area contributed by atoms with Crippen LogP contribution in [0.3, 0.4) is 0 Å². The number of nitrogens with zero attached hydrogens (tertiary/aromatic N) is 2. The van der Waals surface area contributed by atoms with Crippen molar-refractivity contribution in [3.05, 3.63) is 0 Å². The Balaban J connectivity index is 4.67. The van der Waals surface area contributed by atoms with Crippen LogP contribution in [-0.2, 0) is 14.1 Å². The minimum atomic E-state index is -0.837. The van der Waals surface area contributed by atoms with Crippen LogP contribution in [0.1, 0.15) is 75.7 Å². The van der Waals surface area contributed by atoms with Gasteiger partial charge in [-0.1, -0.05) is 25.6 Å². The Morgan fingerprint density at radius 1 is 0.815 bits per heavy atom. The second-order valence-electron chi connectivity index (χ2n) is 8.22. The molecule has 0 radical (unpaired) electrons. The molecule has 0 bridgehead atoms. The van der Waals surface area contributed by atoms with E-state index in [2.05, 4.69) is 64.7 Å². The lowest BCUT2D eigenvalue weighted by atomic mass is 10.3. The molecule has 0 fully saturated rings. The molecule has 0 N–H and O–H groups in total. The van der Waals surface area contributed by atoms with Crippen LogP contribution in [0.4, 0.5) is 0 Å². The van der Waals surface area contributed by atoms with Crippen molar-refractivity contribution in [1.29, 1.82) is 0 Å². The highest BCUT2D eigenvalue weighted by Gasteiger charge is 2.34. The molecule has 0 spiro atoms. The van der Waals surface area contributed by atoms with Gasteiger partial charge in [0.1, 0.15) is 0 Å². The summed E-state index contributed by atoms with van der Waals surface area (Å²) in [5.74, 6) is 0.488. The van der Waals surface area contributed by atoms with E-state index >= 15 is 0 Å². The highest BCUT2D eigenvalue weighted by Crippen LogP contribution is 2.50. The monoisotopic (exact) mass is 422 g/mol. The van der Waals surface area contributed by atoms with Gasteiger partial charge in [0.05, 0.1) is 12.5 Å². The van der Waals surface area contributed by atoms with Crippen LogP contribution < -0.4 is 0 Å². The van der Waals surface area contributed by atoms with Gasteiger partial charge in [-0.05, 0) is 61.8 Å². The van der Waals surface area contributed by atoms with Crippen LogP contribution in [0.2, 0.25) is 0 Å². The van der Waals surface area contributed by atoms with Crippen molar-refractivity contribution in [2.75, 3.05) is 19.2 Å². The minimum Gasteiger partial charge on any atom is -0.370 e. The van der Waals surface area contributed by atoms with Crippen LogP contribution in [-0.4, -0.2) is 57.8 Å². The molecule has 0 saturated carbocycles. The molecule has 0 heterocycles. The molecule has 7 heteroatoms. The Hall–Kier alpha value is 0.290. The van der Waals surface area contributed by atoms with Gasteiger partial charge in [-0.2, -0.15) is 0 Å². The average molecular weight is 423 g/mol. The summed E-state index contributed by atoms with van der Waals surface area (Å²) in [6.07, 6.45) is 0.837. The fourth-order valence-corrected chi connectivity index (χ4v) is 5.90. The van der Waals surface area contributed by atoms with Crippen molar-refractivity contribution < 1.29 is 14.1 Å². The first kappa shape index (κ1) is 27.3. The van der Waals surface area contributed by atoms with Gasteiger partial charge in [-0.15, -0.1) is 0 Å². The van der Waals surface area contributed by atoms with E-state index in [1.807, 2.05) is 13.8 Å². The molecule has 0 aromatic carbocycles. The standard InChI is InChI=1S/C20H43N2O3PS/c1-15(2)20(23)27-14-24-12-11-13-25-26(21(16(3)4)17(5)6)22(18(7)8)19(9)10/h15-19H,11-14H2,1-10H3. The number of rotatable bonds is 14. The largest absolute Gasteiger partial charge is 0.370 e. The van der Waals surface area contributed by atoms with Crippen molar-refractivity contribution in [1.82, 2.24) is 9.34 Å². The molecule has 0 rings (SSSR count). The summed E-state index contributed by atoms with van der Waals surface area (Å²) in [6.45, 7) is 23.0. The van der Waals surface area contributed by atoms with E-state index in [0.717, 1.165) is 6.42 Å². The van der Waals surface area contributed by atoms with Gasteiger partial charge < -0.3 is 9.26 Å². The number of hydrogen-bond donors (Lipinski definition) is 0. The molecule has 0 atom stereocenters. The highest BCUT2D eigenvalue weighted by atomic mass is 32.2. The van der Waals surface area contributed by atoms with Crippen LogP contribution in [0, 0.1) is 5.92 Å². The molecule has 162 valence electrons. The summed E-state index contributed by atoms with van der Waals surface area (Å²) in [5.41, 5.74) is 0. The number of ether oxygens (including phenoxy) is 1. The van der Waals surface area contributed by atoms with Gasteiger partial charge in [-0.25, -0.2) is 9.34 Å². The summed E-state index contributed by atoms with van der Waals surface area (Å²) < 4.78 is 17.0. The van der Waals surface area contributed by atoms with E-state index in [9.17, 15) is 4.79 Å². The van der Waals surface area contributed by atoms with E-state index in [0.29, 0.717) is 43.3 Å². The average Bonchev–Trinajstić information content (AvgIpc) is 2.51. The Kier molecular flexibility index (Phi) is 14.5. The van der Waals surface area contributed by atoms with E-state index < -0.39 is 8.45 Å².